The second kappa shape index (κ2) is 9.22. The molecule has 25 heavy (non-hydrogen) atoms. The van der Waals surface area contributed by atoms with Crippen molar-refractivity contribution in [2.24, 2.45) is 4.99 Å². The molecular weight excluding hydrogens is 304 g/mol. The lowest BCUT2D eigenvalue weighted by Crippen LogP contribution is -2.33. The highest BCUT2D eigenvalue weighted by Gasteiger charge is 2.17. The number of hydrogen-bond acceptors (Lipinski definition) is 1. The molecule has 0 unspecified atom stereocenters. The van der Waals surface area contributed by atoms with Gasteiger partial charge in [-0.15, -0.1) is 0 Å². The monoisotopic (exact) mass is 334 g/mol. The van der Waals surface area contributed by atoms with Gasteiger partial charge in [-0.1, -0.05) is 74.5 Å². The standard InChI is InChI=1S/C23H30N2/c1-6-16-25(17-7-2)23(24-5)22-11-9-8-10-21(22)19(4)20-14-12-18(3)13-15-20/h8-15H,4,6-7,16-17H2,1-3,5H3. The number of aryl methyl sites for hydroxylation is 1. The van der Waals surface area contributed by atoms with Gasteiger partial charge < -0.3 is 4.90 Å². The molecule has 0 aliphatic carbocycles. The molecule has 0 atom stereocenters. The molecule has 0 bridgehead atoms. The predicted octanol–water partition coefficient (Wildman–Crippen LogP) is 5.55. The van der Waals surface area contributed by atoms with Crippen LogP contribution in [0.15, 0.2) is 60.1 Å². The van der Waals surface area contributed by atoms with Gasteiger partial charge in [-0.25, -0.2) is 0 Å². The molecule has 0 N–H and O–H groups in total. The molecule has 2 heteroatoms. The van der Waals surface area contributed by atoms with Crippen LogP contribution in [0.3, 0.4) is 0 Å². The third-order valence-corrected chi connectivity index (χ3v) is 4.39. The molecular formula is C23H30N2. The Morgan fingerprint density at radius 3 is 2.00 bits per heavy atom. The summed E-state index contributed by atoms with van der Waals surface area (Å²) >= 11 is 0. The van der Waals surface area contributed by atoms with Crippen molar-refractivity contribution in [3.05, 3.63) is 77.4 Å². The lowest BCUT2D eigenvalue weighted by Gasteiger charge is -2.27. The quantitative estimate of drug-likeness (QED) is 0.478. The Balaban J connectivity index is 2.45. The molecule has 0 saturated carbocycles. The molecule has 0 fully saturated rings. The van der Waals surface area contributed by atoms with Crippen molar-refractivity contribution >= 4 is 11.4 Å². The number of hydrogen-bond donors (Lipinski definition) is 0. The van der Waals surface area contributed by atoms with Gasteiger partial charge in [-0.2, -0.15) is 0 Å². The molecule has 132 valence electrons. The highest BCUT2D eigenvalue weighted by atomic mass is 15.2. The molecule has 0 heterocycles. The Bertz CT molecular complexity index is 720. The van der Waals surface area contributed by atoms with E-state index in [2.05, 4.69) is 85.8 Å². The number of rotatable bonds is 7. The lowest BCUT2D eigenvalue weighted by molar-refractivity contribution is 0.417. The zero-order valence-corrected chi connectivity index (χ0v) is 16.0. The topological polar surface area (TPSA) is 15.6 Å². The highest BCUT2D eigenvalue weighted by Crippen LogP contribution is 2.26. The van der Waals surface area contributed by atoms with Gasteiger partial charge in [0.1, 0.15) is 5.84 Å². The maximum atomic E-state index is 4.65. The number of nitrogens with zero attached hydrogens (tertiary/aromatic N) is 2. The number of aliphatic imine (C=N–C) groups is 1. The molecule has 2 aromatic carbocycles. The van der Waals surface area contributed by atoms with Gasteiger partial charge in [-0.3, -0.25) is 4.99 Å². The Hall–Kier alpha value is -2.35. The first-order chi connectivity index (χ1) is 12.1. The van der Waals surface area contributed by atoms with Gasteiger partial charge in [-0.05, 0) is 36.5 Å². The summed E-state index contributed by atoms with van der Waals surface area (Å²) in [7, 11) is 1.89. The zero-order chi connectivity index (χ0) is 18.2. The van der Waals surface area contributed by atoms with Gasteiger partial charge in [0, 0.05) is 25.7 Å². The van der Waals surface area contributed by atoms with Crippen LogP contribution in [0.4, 0.5) is 0 Å². The third kappa shape index (κ3) is 4.60. The van der Waals surface area contributed by atoms with E-state index in [9.17, 15) is 0 Å². The Labute approximate surface area is 152 Å². The van der Waals surface area contributed by atoms with E-state index in [-0.39, 0.29) is 0 Å². The van der Waals surface area contributed by atoms with Crippen LogP contribution in [0.2, 0.25) is 0 Å². The lowest BCUT2D eigenvalue weighted by atomic mass is 9.93. The van der Waals surface area contributed by atoms with Crippen LogP contribution in [0.25, 0.3) is 5.57 Å². The van der Waals surface area contributed by atoms with E-state index in [4.69, 9.17) is 0 Å². The minimum atomic E-state index is 1.02. The molecule has 2 rings (SSSR count). The van der Waals surface area contributed by atoms with Gasteiger partial charge in [0.05, 0.1) is 0 Å². The average molecular weight is 335 g/mol. The summed E-state index contributed by atoms with van der Waals surface area (Å²) < 4.78 is 0. The first-order valence-electron chi connectivity index (χ1n) is 9.19. The minimum absolute atomic E-state index is 1.02. The normalized spacial score (nSPS) is 11.4. The first kappa shape index (κ1) is 19.0. The van der Waals surface area contributed by atoms with Crippen LogP contribution >= 0.6 is 0 Å². The molecule has 0 aliphatic heterocycles. The largest absolute Gasteiger partial charge is 0.356 e. The van der Waals surface area contributed by atoms with Crippen LogP contribution in [-0.2, 0) is 0 Å². The van der Waals surface area contributed by atoms with E-state index in [1.54, 1.807) is 0 Å². The summed E-state index contributed by atoms with van der Waals surface area (Å²) in [6.45, 7) is 13.0. The Kier molecular flexibility index (Phi) is 7.00. The second-order valence-corrected chi connectivity index (χ2v) is 6.42. The van der Waals surface area contributed by atoms with E-state index >= 15 is 0 Å². The number of benzene rings is 2. The van der Waals surface area contributed by atoms with Crippen LogP contribution in [0.5, 0.6) is 0 Å². The molecule has 2 aromatic rings. The Morgan fingerprint density at radius 1 is 0.920 bits per heavy atom. The van der Waals surface area contributed by atoms with Crippen molar-refractivity contribution in [2.45, 2.75) is 33.6 Å². The first-order valence-corrected chi connectivity index (χ1v) is 9.19. The molecule has 0 spiro atoms. The fourth-order valence-corrected chi connectivity index (χ4v) is 3.15. The van der Waals surface area contributed by atoms with Crippen molar-refractivity contribution in [3.63, 3.8) is 0 Å². The molecule has 0 aliphatic rings. The summed E-state index contributed by atoms with van der Waals surface area (Å²) in [6.07, 6.45) is 2.22. The van der Waals surface area contributed by atoms with E-state index < -0.39 is 0 Å². The van der Waals surface area contributed by atoms with Crippen molar-refractivity contribution in [1.82, 2.24) is 4.90 Å². The van der Waals surface area contributed by atoms with Crippen LogP contribution < -0.4 is 0 Å². The molecule has 0 saturated heterocycles. The zero-order valence-electron chi connectivity index (χ0n) is 16.0. The van der Waals surface area contributed by atoms with Crippen molar-refractivity contribution in [3.8, 4) is 0 Å². The maximum absolute atomic E-state index is 4.65. The minimum Gasteiger partial charge on any atom is -0.356 e. The predicted molar refractivity (Wildman–Crippen MR) is 110 cm³/mol. The summed E-state index contributed by atoms with van der Waals surface area (Å²) in [5, 5.41) is 0. The van der Waals surface area contributed by atoms with E-state index in [1.165, 1.54) is 5.56 Å². The average Bonchev–Trinajstić information content (AvgIpc) is 2.63. The number of amidine groups is 1. The van der Waals surface area contributed by atoms with Crippen molar-refractivity contribution in [2.75, 3.05) is 20.1 Å². The molecule has 2 nitrogen and oxygen atoms in total. The van der Waals surface area contributed by atoms with Gasteiger partial charge in [0.25, 0.3) is 0 Å². The summed E-state index contributed by atoms with van der Waals surface area (Å²) in [5.41, 5.74) is 5.79. The summed E-state index contributed by atoms with van der Waals surface area (Å²) in [4.78, 5) is 7.04. The van der Waals surface area contributed by atoms with Crippen LogP contribution in [0.1, 0.15) is 48.9 Å². The van der Waals surface area contributed by atoms with Gasteiger partial charge in [0.2, 0.25) is 0 Å². The fourth-order valence-electron chi connectivity index (χ4n) is 3.15. The van der Waals surface area contributed by atoms with E-state index in [0.29, 0.717) is 0 Å². The maximum Gasteiger partial charge on any atom is 0.131 e. The molecule has 0 radical (unpaired) electrons. The van der Waals surface area contributed by atoms with Gasteiger partial charge in [0.15, 0.2) is 0 Å². The van der Waals surface area contributed by atoms with E-state index in [1.807, 2.05) is 7.05 Å². The van der Waals surface area contributed by atoms with Gasteiger partial charge >= 0.3 is 0 Å². The third-order valence-electron chi connectivity index (χ3n) is 4.39. The fraction of sp³-hybridized carbons (Fsp3) is 0.348. The Morgan fingerprint density at radius 2 is 1.48 bits per heavy atom. The summed E-state index contributed by atoms with van der Waals surface area (Å²) in [5.74, 6) is 1.06. The van der Waals surface area contributed by atoms with Crippen molar-refractivity contribution in [1.29, 1.82) is 0 Å². The van der Waals surface area contributed by atoms with Crippen LogP contribution in [-0.4, -0.2) is 30.9 Å². The second-order valence-electron chi connectivity index (χ2n) is 6.42. The molecule has 0 aromatic heterocycles. The highest BCUT2D eigenvalue weighted by molar-refractivity contribution is 6.04. The van der Waals surface area contributed by atoms with Crippen molar-refractivity contribution < 1.29 is 0 Å². The smallest absolute Gasteiger partial charge is 0.131 e. The van der Waals surface area contributed by atoms with Crippen LogP contribution in [0, 0.1) is 6.92 Å². The van der Waals surface area contributed by atoms with E-state index in [0.717, 1.165) is 54.0 Å². The molecule has 0 amide bonds. The SMILES string of the molecule is C=C(c1ccc(C)cc1)c1ccccc1C(=NC)N(CCC)CCC. The summed E-state index contributed by atoms with van der Waals surface area (Å²) in [6, 6.07) is 17.0.